The lowest BCUT2D eigenvalue weighted by atomic mass is 10.3. The first kappa shape index (κ1) is 10.0. The Morgan fingerprint density at radius 1 is 1.20 bits per heavy atom. The highest BCUT2D eigenvalue weighted by Gasteiger charge is 2.36. The Bertz CT molecular complexity index is 511. The number of pyridine rings is 1. The number of halogens is 3. The molecule has 2 nitrogen and oxygen atoms in total. The van der Waals surface area contributed by atoms with Crippen LogP contribution in [0.4, 0.5) is 13.2 Å². The third kappa shape index (κ3) is 1.48. The number of aryl methyl sites for hydroxylation is 2. The summed E-state index contributed by atoms with van der Waals surface area (Å²) in [5.41, 5.74) is 0.403. The van der Waals surface area contributed by atoms with Gasteiger partial charge >= 0.3 is 6.18 Å². The van der Waals surface area contributed by atoms with Gasteiger partial charge in [0.2, 0.25) is 0 Å². The number of rotatable bonds is 0. The average Bonchev–Trinajstić information content (AvgIpc) is 2.44. The summed E-state index contributed by atoms with van der Waals surface area (Å²) in [4.78, 5) is 3.58. The summed E-state index contributed by atoms with van der Waals surface area (Å²) in [5.74, 6) is 0. The van der Waals surface area contributed by atoms with E-state index in [-0.39, 0.29) is 5.69 Å². The van der Waals surface area contributed by atoms with Crippen molar-refractivity contribution < 1.29 is 13.2 Å². The SMILES string of the molecule is Cc1cccc2nc(C(F)(F)F)c(C)n12. The minimum Gasteiger partial charge on any atom is -0.301 e. The predicted molar refractivity (Wildman–Crippen MR) is 49.7 cm³/mol. The molecule has 80 valence electrons. The summed E-state index contributed by atoms with van der Waals surface area (Å²) >= 11 is 0. The number of aromatic nitrogens is 2. The molecule has 2 aromatic rings. The van der Waals surface area contributed by atoms with Crippen molar-refractivity contribution in [1.29, 1.82) is 0 Å². The van der Waals surface area contributed by atoms with Crippen molar-refractivity contribution in [2.24, 2.45) is 0 Å². The fraction of sp³-hybridized carbons (Fsp3) is 0.300. The molecule has 2 aromatic heterocycles. The van der Waals surface area contributed by atoms with Gasteiger partial charge in [0, 0.05) is 5.69 Å². The van der Waals surface area contributed by atoms with Crippen LogP contribution in [-0.4, -0.2) is 9.38 Å². The van der Waals surface area contributed by atoms with Crippen LogP contribution in [0.25, 0.3) is 5.65 Å². The van der Waals surface area contributed by atoms with Gasteiger partial charge in [0.1, 0.15) is 5.65 Å². The van der Waals surface area contributed by atoms with Crippen LogP contribution in [0.5, 0.6) is 0 Å². The van der Waals surface area contributed by atoms with E-state index in [2.05, 4.69) is 4.98 Å². The Kier molecular flexibility index (Phi) is 1.99. The van der Waals surface area contributed by atoms with Crippen molar-refractivity contribution in [2.75, 3.05) is 0 Å². The Hall–Kier alpha value is -1.52. The number of imidazole rings is 1. The number of alkyl halides is 3. The molecule has 0 aliphatic rings. The lowest BCUT2D eigenvalue weighted by Crippen LogP contribution is -2.07. The molecule has 0 atom stereocenters. The van der Waals surface area contributed by atoms with Crippen molar-refractivity contribution in [3.63, 3.8) is 0 Å². The molecule has 0 radical (unpaired) electrons. The van der Waals surface area contributed by atoms with Crippen LogP contribution in [0.2, 0.25) is 0 Å². The highest BCUT2D eigenvalue weighted by molar-refractivity contribution is 5.45. The van der Waals surface area contributed by atoms with Gasteiger partial charge < -0.3 is 4.40 Å². The Balaban J connectivity index is 2.82. The Morgan fingerprint density at radius 3 is 2.40 bits per heavy atom. The number of hydrogen-bond acceptors (Lipinski definition) is 1. The zero-order valence-electron chi connectivity index (χ0n) is 8.26. The van der Waals surface area contributed by atoms with Crippen LogP contribution in [0, 0.1) is 13.8 Å². The van der Waals surface area contributed by atoms with Gasteiger partial charge in [-0.05, 0) is 26.0 Å². The third-order valence-corrected chi connectivity index (χ3v) is 2.34. The van der Waals surface area contributed by atoms with Gasteiger partial charge in [-0.25, -0.2) is 4.98 Å². The van der Waals surface area contributed by atoms with Crippen LogP contribution in [0.1, 0.15) is 17.1 Å². The van der Waals surface area contributed by atoms with Gasteiger partial charge in [0.05, 0.1) is 5.69 Å². The second kappa shape index (κ2) is 2.98. The molecule has 0 aliphatic heterocycles. The van der Waals surface area contributed by atoms with Gasteiger partial charge in [-0.3, -0.25) is 0 Å². The maximum absolute atomic E-state index is 12.5. The van der Waals surface area contributed by atoms with Gasteiger partial charge in [-0.15, -0.1) is 0 Å². The second-order valence-corrected chi connectivity index (χ2v) is 3.40. The number of nitrogens with zero attached hydrogens (tertiary/aromatic N) is 2. The topological polar surface area (TPSA) is 17.3 Å². The summed E-state index contributed by atoms with van der Waals surface area (Å²) in [6.45, 7) is 3.18. The van der Waals surface area contributed by atoms with E-state index in [1.54, 1.807) is 25.1 Å². The third-order valence-electron chi connectivity index (χ3n) is 2.34. The summed E-state index contributed by atoms with van der Waals surface area (Å²) in [6.07, 6.45) is -4.39. The van der Waals surface area contributed by atoms with Crippen LogP contribution < -0.4 is 0 Å². The highest BCUT2D eigenvalue weighted by Crippen LogP contribution is 2.31. The van der Waals surface area contributed by atoms with Gasteiger partial charge in [0.25, 0.3) is 0 Å². The predicted octanol–water partition coefficient (Wildman–Crippen LogP) is 2.97. The molecule has 0 amide bonds. The first-order valence-electron chi connectivity index (χ1n) is 4.43. The average molecular weight is 214 g/mol. The van der Waals surface area contributed by atoms with Crippen molar-refractivity contribution in [3.8, 4) is 0 Å². The molecule has 0 aromatic carbocycles. The minimum absolute atomic E-state index is 0.135. The fourth-order valence-corrected chi connectivity index (χ4v) is 1.70. The molecule has 2 rings (SSSR count). The van der Waals surface area contributed by atoms with E-state index < -0.39 is 11.9 Å². The minimum atomic E-state index is -4.39. The van der Waals surface area contributed by atoms with E-state index in [1.807, 2.05) is 0 Å². The van der Waals surface area contributed by atoms with Crippen molar-refractivity contribution in [3.05, 3.63) is 35.3 Å². The normalized spacial score (nSPS) is 12.3. The monoisotopic (exact) mass is 214 g/mol. The second-order valence-electron chi connectivity index (χ2n) is 3.40. The Morgan fingerprint density at radius 2 is 1.87 bits per heavy atom. The molecule has 2 heterocycles. The molecule has 0 saturated carbocycles. The smallest absolute Gasteiger partial charge is 0.301 e. The fourth-order valence-electron chi connectivity index (χ4n) is 1.70. The van der Waals surface area contributed by atoms with Gasteiger partial charge in [-0.1, -0.05) is 6.07 Å². The van der Waals surface area contributed by atoms with E-state index >= 15 is 0 Å². The maximum atomic E-state index is 12.5. The molecule has 15 heavy (non-hydrogen) atoms. The summed E-state index contributed by atoms with van der Waals surface area (Å²) in [5, 5.41) is 0. The largest absolute Gasteiger partial charge is 0.435 e. The first-order chi connectivity index (χ1) is 6.91. The molecule has 0 spiro atoms. The number of hydrogen-bond donors (Lipinski definition) is 0. The lowest BCUT2D eigenvalue weighted by Gasteiger charge is -2.04. The Labute approximate surface area is 84.4 Å². The van der Waals surface area contributed by atoms with E-state index in [4.69, 9.17) is 0 Å². The lowest BCUT2D eigenvalue weighted by molar-refractivity contribution is -0.141. The maximum Gasteiger partial charge on any atom is 0.435 e. The van der Waals surface area contributed by atoms with Crippen molar-refractivity contribution in [1.82, 2.24) is 9.38 Å². The van der Waals surface area contributed by atoms with Gasteiger partial charge in [-0.2, -0.15) is 13.2 Å². The number of fused-ring (bicyclic) bond motifs is 1. The first-order valence-corrected chi connectivity index (χ1v) is 4.43. The van der Waals surface area contributed by atoms with E-state index in [9.17, 15) is 13.2 Å². The molecular formula is C10H9F3N2. The summed E-state index contributed by atoms with van der Waals surface area (Å²) < 4.78 is 39.1. The zero-order chi connectivity index (χ0) is 11.2. The molecule has 0 unspecified atom stereocenters. The molecule has 0 bridgehead atoms. The zero-order valence-corrected chi connectivity index (χ0v) is 8.26. The van der Waals surface area contributed by atoms with Crippen LogP contribution in [0.3, 0.4) is 0 Å². The highest BCUT2D eigenvalue weighted by atomic mass is 19.4. The molecule has 0 N–H and O–H groups in total. The summed E-state index contributed by atoms with van der Waals surface area (Å²) in [6, 6.07) is 5.01. The van der Waals surface area contributed by atoms with E-state index in [1.165, 1.54) is 11.3 Å². The van der Waals surface area contributed by atoms with E-state index in [0.29, 0.717) is 5.65 Å². The molecule has 0 saturated heterocycles. The molecule has 0 fully saturated rings. The standard InChI is InChI=1S/C10H9F3N2/c1-6-4-3-5-8-14-9(10(11,12)13)7(2)15(6)8/h3-5H,1-2H3. The van der Waals surface area contributed by atoms with E-state index in [0.717, 1.165) is 5.69 Å². The van der Waals surface area contributed by atoms with Crippen LogP contribution >= 0.6 is 0 Å². The summed E-state index contributed by atoms with van der Waals surface area (Å²) in [7, 11) is 0. The quantitative estimate of drug-likeness (QED) is 0.659. The van der Waals surface area contributed by atoms with Crippen molar-refractivity contribution >= 4 is 5.65 Å². The molecule has 0 aliphatic carbocycles. The van der Waals surface area contributed by atoms with Crippen molar-refractivity contribution in [2.45, 2.75) is 20.0 Å². The molecular weight excluding hydrogens is 205 g/mol. The molecule has 5 heteroatoms. The van der Waals surface area contributed by atoms with Gasteiger partial charge in [0.15, 0.2) is 5.69 Å². The van der Waals surface area contributed by atoms with Crippen LogP contribution in [-0.2, 0) is 6.18 Å². The van der Waals surface area contributed by atoms with Crippen LogP contribution in [0.15, 0.2) is 18.2 Å².